The lowest BCUT2D eigenvalue weighted by molar-refractivity contribution is 0.271. The van der Waals surface area contributed by atoms with E-state index in [9.17, 15) is 8.42 Å². The molecule has 0 aromatic carbocycles. The van der Waals surface area contributed by atoms with Gasteiger partial charge in [0.25, 0.3) is 0 Å². The predicted molar refractivity (Wildman–Crippen MR) is 86.5 cm³/mol. The van der Waals surface area contributed by atoms with Crippen molar-refractivity contribution in [2.45, 2.75) is 17.7 Å². The number of aromatic amines is 1. The second kappa shape index (κ2) is 6.16. The van der Waals surface area contributed by atoms with E-state index < -0.39 is 10.0 Å². The van der Waals surface area contributed by atoms with Crippen molar-refractivity contribution in [1.29, 1.82) is 0 Å². The summed E-state index contributed by atoms with van der Waals surface area (Å²) in [5, 5.41) is 4.02. The zero-order valence-electron chi connectivity index (χ0n) is 12.3. The van der Waals surface area contributed by atoms with Gasteiger partial charge in [-0.1, -0.05) is 11.6 Å². The van der Waals surface area contributed by atoms with Crippen LogP contribution in [0.1, 0.15) is 12.8 Å². The van der Waals surface area contributed by atoms with Crippen molar-refractivity contribution in [2.24, 2.45) is 5.92 Å². The summed E-state index contributed by atoms with van der Waals surface area (Å²) in [6, 6.07) is 1.61. The van der Waals surface area contributed by atoms with Crippen LogP contribution < -0.4 is 5.32 Å². The fourth-order valence-electron chi connectivity index (χ4n) is 2.97. The van der Waals surface area contributed by atoms with Gasteiger partial charge in [0.2, 0.25) is 10.0 Å². The van der Waals surface area contributed by atoms with E-state index in [1.54, 1.807) is 16.6 Å². The van der Waals surface area contributed by atoms with Crippen molar-refractivity contribution in [2.75, 3.05) is 26.7 Å². The lowest BCUT2D eigenvalue weighted by Crippen LogP contribution is -2.40. The van der Waals surface area contributed by atoms with Gasteiger partial charge >= 0.3 is 0 Å². The second-order valence-corrected chi connectivity index (χ2v) is 7.89. The van der Waals surface area contributed by atoms with E-state index in [2.05, 4.69) is 15.3 Å². The Labute approximate surface area is 134 Å². The van der Waals surface area contributed by atoms with E-state index >= 15 is 0 Å². The normalized spacial score (nSPS) is 18.1. The van der Waals surface area contributed by atoms with Crippen LogP contribution in [0.5, 0.6) is 0 Å². The number of fused-ring (bicyclic) bond motifs is 1. The van der Waals surface area contributed by atoms with Crippen LogP contribution in [0.15, 0.2) is 23.4 Å². The minimum atomic E-state index is -3.55. The number of piperidine rings is 1. The number of H-pyrrole nitrogens is 1. The van der Waals surface area contributed by atoms with E-state index in [-0.39, 0.29) is 4.90 Å². The summed E-state index contributed by atoms with van der Waals surface area (Å²) in [5.74, 6) is 0.532. The largest absolute Gasteiger partial charge is 0.345 e. The van der Waals surface area contributed by atoms with Crippen LogP contribution >= 0.6 is 11.6 Å². The van der Waals surface area contributed by atoms with E-state index in [0.717, 1.165) is 19.4 Å². The molecule has 22 heavy (non-hydrogen) atoms. The molecule has 0 aliphatic carbocycles. The Morgan fingerprint density at radius 2 is 2.18 bits per heavy atom. The average molecular weight is 343 g/mol. The second-order valence-electron chi connectivity index (χ2n) is 5.57. The van der Waals surface area contributed by atoms with Crippen molar-refractivity contribution in [3.8, 4) is 0 Å². The number of aromatic nitrogens is 2. The molecule has 0 atom stereocenters. The zero-order valence-corrected chi connectivity index (χ0v) is 13.9. The maximum Gasteiger partial charge on any atom is 0.245 e. The molecule has 2 N–H and O–H groups in total. The number of hydrogen-bond acceptors (Lipinski definition) is 4. The number of sulfonamides is 1. The Morgan fingerprint density at radius 1 is 1.45 bits per heavy atom. The number of rotatable bonds is 4. The lowest BCUT2D eigenvalue weighted by Gasteiger charge is -2.30. The Bertz CT molecular complexity index is 766. The molecule has 0 unspecified atom stereocenters. The highest BCUT2D eigenvalue weighted by atomic mass is 35.5. The van der Waals surface area contributed by atoms with Crippen molar-refractivity contribution < 1.29 is 8.42 Å². The molecule has 3 heterocycles. The van der Waals surface area contributed by atoms with Crippen molar-refractivity contribution >= 4 is 32.7 Å². The molecule has 2 aromatic rings. The third kappa shape index (κ3) is 2.74. The predicted octanol–water partition coefficient (Wildman–Crippen LogP) is 1.84. The maximum atomic E-state index is 12.9. The minimum Gasteiger partial charge on any atom is -0.345 e. The summed E-state index contributed by atoms with van der Waals surface area (Å²) in [6.07, 6.45) is 4.78. The third-order valence-electron chi connectivity index (χ3n) is 4.17. The lowest BCUT2D eigenvalue weighted by atomic mass is 9.98. The monoisotopic (exact) mass is 342 g/mol. The molecule has 0 spiro atoms. The summed E-state index contributed by atoms with van der Waals surface area (Å²) in [7, 11) is -1.63. The van der Waals surface area contributed by atoms with Crippen molar-refractivity contribution in [3.63, 3.8) is 0 Å². The summed E-state index contributed by atoms with van der Waals surface area (Å²) in [4.78, 5) is 7.23. The molecule has 1 saturated heterocycles. The van der Waals surface area contributed by atoms with Crippen LogP contribution in [-0.4, -0.2) is 49.4 Å². The van der Waals surface area contributed by atoms with Crippen LogP contribution in [0.4, 0.5) is 0 Å². The van der Waals surface area contributed by atoms with E-state index in [0.29, 0.717) is 35.1 Å². The summed E-state index contributed by atoms with van der Waals surface area (Å²) >= 11 is 6.16. The van der Waals surface area contributed by atoms with Gasteiger partial charge in [0, 0.05) is 25.5 Å². The number of nitrogens with zero attached hydrogens (tertiary/aromatic N) is 2. The highest BCUT2D eigenvalue weighted by Crippen LogP contribution is 2.31. The molecule has 8 heteroatoms. The first-order chi connectivity index (χ1) is 10.5. The van der Waals surface area contributed by atoms with Gasteiger partial charge in [-0.25, -0.2) is 13.4 Å². The van der Waals surface area contributed by atoms with Crippen LogP contribution in [-0.2, 0) is 10.0 Å². The van der Waals surface area contributed by atoms with Gasteiger partial charge in [-0.15, -0.1) is 0 Å². The number of nitrogens with one attached hydrogen (secondary N) is 2. The molecule has 1 fully saturated rings. The molecule has 0 amide bonds. The van der Waals surface area contributed by atoms with Crippen molar-refractivity contribution in [3.05, 3.63) is 23.5 Å². The van der Waals surface area contributed by atoms with Gasteiger partial charge in [0.1, 0.15) is 10.5 Å². The number of halogens is 1. The molecule has 6 nitrogen and oxygen atoms in total. The Balaban J connectivity index is 1.90. The number of hydrogen-bond donors (Lipinski definition) is 2. The van der Waals surface area contributed by atoms with E-state index in [4.69, 9.17) is 11.6 Å². The average Bonchev–Trinajstić information content (AvgIpc) is 2.94. The van der Waals surface area contributed by atoms with Crippen LogP contribution in [0.2, 0.25) is 5.02 Å². The maximum absolute atomic E-state index is 12.9. The van der Waals surface area contributed by atoms with E-state index in [1.807, 2.05) is 7.05 Å². The van der Waals surface area contributed by atoms with Crippen LogP contribution in [0, 0.1) is 5.92 Å². The molecule has 1 aliphatic rings. The minimum absolute atomic E-state index is 0.215. The van der Waals surface area contributed by atoms with Crippen LogP contribution in [0.3, 0.4) is 0 Å². The number of pyridine rings is 1. The molecule has 120 valence electrons. The van der Waals surface area contributed by atoms with E-state index in [1.165, 1.54) is 6.20 Å². The highest BCUT2D eigenvalue weighted by molar-refractivity contribution is 7.89. The topological polar surface area (TPSA) is 78.1 Å². The summed E-state index contributed by atoms with van der Waals surface area (Å²) in [6.45, 7) is 2.01. The zero-order chi connectivity index (χ0) is 15.7. The molecular formula is C14H19ClN4O2S. The van der Waals surface area contributed by atoms with Gasteiger partial charge in [0.15, 0.2) is 0 Å². The van der Waals surface area contributed by atoms with Crippen LogP contribution in [0.25, 0.3) is 11.0 Å². The van der Waals surface area contributed by atoms with Crippen molar-refractivity contribution in [1.82, 2.24) is 19.6 Å². The fraction of sp³-hybridized carbons (Fsp3) is 0.500. The van der Waals surface area contributed by atoms with Gasteiger partial charge in [-0.3, -0.25) is 0 Å². The molecule has 0 radical (unpaired) electrons. The Kier molecular flexibility index (Phi) is 4.40. The van der Waals surface area contributed by atoms with Gasteiger partial charge in [-0.05, 0) is 38.4 Å². The summed E-state index contributed by atoms with van der Waals surface area (Å²) in [5.41, 5.74) is 0.496. The molecular weight excluding hydrogens is 324 g/mol. The molecule has 2 aromatic heterocycles. The first-order valence-corrected chi connectivity index (χ1v) is 9.12. The molecule has 1 aliphatic heterocycles. The Hall–Kier alpha value is -1.15. The standard InChI is InChI=1S/C14H19ClN4O2S/c1-16-8-10-3-6-19(7-4-10)22(20,21)12-9-18-14-13(12)11(15)2-5-17-14/h2,5,9-10,16H,3-4,6-8H2,1H3,(H,17,18). The first-order valence-electron chi connectivity index (χ1n) is 7.30. The molecule has 3 rings (SSSR count). The third-order valence-corrected chi connectivity index (χ3v) is 6.41. The van der Waals surface area contributed by atoms with Gasteiger partial charge in [-0.2, -0.15) is 4.31 Å². The highest BCUT2D eigenvalue weighted by Gasteiger charge is 2.31. The quantitative estimate of drug-likeness (QED) is 0.888. The van der Waals surface area contributed by atoms with Gasteiger partial charge in [0.05, 0.1) is 10.4 Å². The SMILES string of the molecule is CNCC1CCN(S(=O)(=O)c2c[nH]c3nccc(Cl)c23)CC1. The molecule has 0 bridgehead atoms. The molecule has 0 saturated carbocycles. The van der Waals surface area contributed by atoms with Gasteiger partial charge < -0.3 is 10.3 Å². The summed E-state index contributed by atoms with van der Waals surface area (Å²) < 4.78 is 27.3. The Morgan fingerprint density at radius 3 is 2.86 bits per heavy atom. The smallest absolute Gasteiger partial charge is 0.245 e. The fourth-order valence-corrected chi connectivity index (χ4v) is 4.92. The first kappa shape index (κ1) is 15.7.